The highest BCUT2D eigenvalue weighted by Gasteiger charge is 2.23. The number of benzene rings is 1. The smallest absolute Gasteiger partial charge is 0.242 e. The highest BCUT2D eigenvalue weighted by molar-refractivity contribution is 5.98. The maximum Gasteiger partial charge on any atom is 0.242 e. The van der Waals surface area contributed by atoms with Crippen LogP contribution in [0.25, 0.3) is 0 Å². The van der Waals surface area contributed by atoms with Crippen molar-refractivity contribution in [1.29, 1.82) is 0 Å². The number of amides is 2. The Balaban J connectivity index is 1.77. The van der Waals surface area contributed by atoms with Gasteiger partial charge in [0.1, 0.15) is 6.04 Å². The van der Waals surface area contributed by atoms with Crippen molar-refractivity contribution >= 4 is 17.6 Å². The zero-order chi connectivity index (χ0) is 14.4. The van der Waals surface area contributed by atoms with Crippen molar-refractivity contribution in [3.63, 3.8) is 0 Å². The molecule has 5 heteroatoms. The molecule has 106 valence electrons. The summed E-state index contributed by atoms with van der Waals surface area (Å²) < 4.78 is 0. The fraction of sp³-hybridized carbons (Fsp3) is 0.400. The van der Waals surface area contributed by atoms with Gasteiger partial charge in [0.05, 0.1) is 0 Å². The molecule has 5 nitrogen and oxygen atoms in total. The maximum absolute atomic E-state index is 11.8. The SMILES string of the molecule is O=C(CCC(=O)c1ccccc1)N[C@H]1CCCNC1=O. The van der Waals surface area contributed by atoms with E-state index >= 15 is 0 Å². The van der Waals surface area contributed by atoms with Gasteiger partial charge in [-0.25, -0.2) is 0 Å². The summed E-state index contributed by atoms with van der Waals surface area (Å²) >= 11 is 0. The van der Waals surface area contributed by atoms with Gasteiger partial charge in [0.2, 0.25) is 11.8 Å². The summed E-state index contributed by atoms with van der Waals surface area (Å²) in [5.74, 6) is -0.454. The number of hydrogen-bond acceptors (Lipinski definition) is 3. The first kappa shape index (κ1) is 14.2. The van der Waals surface area contributed by atoms with Gasteiger partial charge in [0, 0.05) is 24.9 Å². The van der Waals surface area contributed by atoms with Crippen LogP contribution in [0, 0.1) is 0 Å². The minimum Gasteiger partial charge on any atom is -0.354 e. The highest BCUT2D eigenvalue weighted by atomic mass is 16.2. The quantitative estimate of drug-likeness (QED) is 0.788. The lowest BCUT2D eigenvalue weighted by atomic mass is 10.0. The molecule has 0 saturated carbocycles. The van der Waals surface area contributed by atoms with Crippen molar-refractivity contribution < 1.29 is 14.4 Å². The van der Waals surface area contributed by atoms with E-state index in [1.54, 1.807) is 24.3 Å². The van der Waals surface area contributed by atoms with E-state index in [0.29, 0.717) is 18.5 Å². The summed E-state index contributed by atoms with van der Waals surface area (Å²) in [5.41, 5.74) is 0.607. The summed E-state index contributed by atoms with van der Waals surface area (Å²) in [7, 11) is 0. The lowest BCUT2D eigenvalue weighted by molar-refractivity contribution is -0.130. The highest BCUT2D eigenvalue weighted by Crippen LogP contribution is 2.07. The van der Waals surface area contributed by atoms with Crippen molar-refractivity contribution in [2.75, 3.05) is 6.54 Å². The number of carbonyl (C=O) groups is 3. The number of rotatable bonds is 5. The van der Waals surface area contributed by atoms with E-state index in [0.717, 1.165) is 6.42 Å². The van der Waals surface area contributed by atoms with E-state index in [1.165, 1.54) is 0 Å². The summed E-state index contributed by atoms with van der Waals surface area (Å²) in [6, 6.07) is 8.43. The number of Topliss-reactive ketones (excluding diaryl/α,β-unsaturated/α-hetero) is 1. The lowest BCUT2D eigenvalue weighted by Gasteiger charge is -2.22. The molecular formula is C15H18N2O3. The van der Waals surface area contributed by atoms with Crippen molar-refractivity contribution in [3.05, 3.63) is 35.9 Å². The molecule has 0 radical (unpaired) electrons. The van der Waals surface area contributed by atoms with Gasteiger partial charge in [0.25, 0.3) is 0 Å². The van der Waals surface area contributed by atoms with Crippen LogP contribution in [-0.2, 0) is 9.59 Å². The van der Waals surface area contributed by atoms with Crippen LogP contribution >= 0.6 is 0 Å². The Morgan fingerprint density at radius 1 is 1.20 bits per heavy atom. The Hall–Kier alpha value is -2.17. The standard InChI is InChI=1S/C15H18N2O3/c18-13(11-5-2-1-3-6-11)8-9-14(19)17-12-7-4-10-16-15(12)20/h1-3,5-6,12H,4,7-10H2,(H,16,20)(H,17,19)/t12-/m0/s1. The van der Waals surface area contributed by atoms with Crippen LogP contribution in [0.5, 0.6) is 0 Å². The molecule has 1 saturated heterocycles. The molecule has 1 aromatic carbocycles. The molecule has 0 aromatic heterocycles. The van der Waals surface area contributed by atoms with Gasteiger partial charge in [0.15, 0.2) is 5.78 Å². The van der Waals surface area contributed by atoms with Crippen molar-refractivity contribution in [2.45, 2.75) is 31.7 Å². The molecule has 0 bridgehead atoms. The Morgan fingerprint density at radius 3 is 2.65 bits per heavy atom. The van der Waals surface area contributed by atoms with Crippen LogP contribution in [0.2, 0.25) is 0 Å². The Bertz CT molecular complexity index is 499. The van der Waals surface area contributed by atoms with E-state index in [4.69, 9.17) is 0 Å². The molecule has 0 aliphatic carbocycles. The molecular weight excluding hydrogens is 256 g/mol. The minimum absolute atomic E-state index is 0.0613. The third kappa shape index (κ3) is 3.91. The predicted molar refractivity (Wildman–Crippen MR) is 74.2 cm³/mol. The second-order valence-corrected chi connectivity index (χ2v) is 4.84. The second kappa shape index (κ2) is 6.84. The van der Waals surface area contributed by atoms with Gasteiger partial charge in [-0.3, -0.25) is 14.4 Å². The van der Waals surface area contributed by atoms with Gasteiger partial charge in [-0.1, -0.05) is 30.3 Å². The van der Waals surface area contributed by atoms with E-state index < -0.39 is 6.04 Å². The molecule has 2 N–H and O–H groups in total. The third-order valence-corrected chi connectivity index (χ3v) is 3.30. The van der Waals surface area contributed by atoms with Crippen LogP contribution < -0.4 is 10.6 Å². The molecule has 1 aromatic rings. The minimum atomic E-state index is -0.455. The van der Waals surface area contributed by atoms with E-state index in [1.807, 2.05) is 6.07 Å². The molecule has 1 aliphatic rings. The summed E-state index contributed by atoms with van der Waals surface area (Å²) in [6.45, 7) is 0.664. The maximum atomic E-state index is 11.8. The number of ketones is 1. The average molecular weight is 274 g/mol. The Labute approximate surface area is 117 Å². The fourth-order valence-electron chi connectivity index (χ4n) is 2.17. The van der Waals surface area contributed by atoms with Crippen LogP contribution in [0.1, 0.15) is 36.0 Å². The Kier molecular flexibility index (Phi) is 4.87. The number of hydrogen-bond donors (Lipinski definition) is 2. The van der Waals surface area contributed by atoms with E-state index in [-0.39, 0.29) is 30.4 Å². The third-order valence-electron chi connectivity index (χ3n) is 3.30. The zero-order valence-corrected chi connectivity index (χ0v) is 11.2. The molecule has 20 heavy (non-hydrogen) atoms. The van der Waals surface area contributed by atoms with Gasteiger partial charge in [-0.2, -0.15) is 0 Å². The number of carbonyl (C=O) groups excluding carboxylic acids is 3. The fourth-order valence-corrected chi connectivity index (χ4v) is 2.17. The topological polar surface area (TPSA) is 75.3 Å². The van der Waals surface area contributed by atoms with Crippen LogP contribution in [0.3, 0.4) is 0 Å². The molecule has 0 unspecified atom stereocenters. The van der Waals surface area contributed by atoms with Gasteiger partial charge < -0.3 is 10.6 Å². The van der Waals surface area contributed by atoms with Gasteiger partial charge in [-0.05, 0) is 12.8 Å². The number of piperidine rings is 1. The summed E-state index contributed by atoms with van der Waals surface area (Å²) in [6.07, 6.45) is 1.78. The molecule has 1 aliphatic heterocycles. The average Bonchev–Trinajstić information content (AvgIpc) is 2.48. The first-order valence-corrected chi connectivity index (χ1v) is 6.82. The zero-order valence-electron chi connectivity index (χ0n) is 11.2. The largest absolute Gasteiger partial charge is 0.354 e. The first-order chi connectivity index (χ1) is 9.66. The molecule has 2 rings (SSSR count). The van der Waals surface area contributed by atoms with Crippen molar-refractivity contribution in [1.82, 2.24) is 10.6 Å². The normalized spacial score (nSPS) is 18.2. The van der Waals surface area contributed by atoms with E-state index in [9.17, 15) is 14.4 Å². The van der Waals surface area contributed by atoms with Crippen molar-refractivity contribution in [2.24, 2.45) is 0 Å². The predicted octanol–water partition coefficient (Wildman–Crippen LogP) is 1.04. The monoisotopic (exact) mass is 274 g/mol. The first-order valence-electron chi connectivity index (χ1n) is 6.82. The van der Waals surface area contributed by atoms with Gasteiger partial charge in [-0.15, -0.1) is 0 Å². The van der Waals surface area contributed by atoms with E-state index in [2.05, 4.69) is 10.6 Å². The molecule has 1 heterocycles. The van der Waals surface area contributed by atoms with Crippen molar-refractivity contribution in [3.8, 4) is 0 Å². The number of nitrogens with one attached hydrogen (secondary N) is 2. The second-order valence-electron chi connectivity index (χ2n) is 4.84. The molecule has 2 amide bonds. The molecule has 0 spiro atoms. The lowest BCUT2D eigenvalue weighted by Crippen LogP contribution is -2.50. The molecule has 1 atom stereocenters. The van der Waals surface area contributed by atoms with Crippen LogP contribution in [0.15, 0.2) is 30.3 Å². The van der Waals surface area contributed by atoms with Gasteiger partial charge >= 0.3 is 0 Å². The summed E-state index contributed by atoms with van der Waals surface area (Å²) in [4.78, 5) is 35.1. The Morgan fingerprint density at radius 2 is 1.95 bits per heavy atom. The van der Waals surface area contributed by atoms with Crippen LogP contribution in [-0.4, -0.2) is 30.2 Å². The van der Waals surface area contributed by atoms with Crippen LogP contribution in [0.4, 0.5) is 0 Å². The summed E-state index contributed by atoms with van der Waals surface area (Å²) in [5, 5.41) is 5.38. The molecule has 1 fully saturated rings.